The lowest BCUT2D eigenvalue weighted by atomic mass is 9.77. The van der Waals surface area contributed by atoms with E-state index in [1.165, 1.54) is 11.3 Å². The number of aryl methyl sites for hydroxylation is 1. The van der Waals surface area contributed by atoms with Gasteiger partial charge in [-0.25, -0.2) is 0 Å². The first-order valence-electron chi connectivity index (χ1n) is 8.65. The summed E-state index contributed by atoms with van der Waals surface area (Å²) < 4.78 is 0. The first-order valence-corrected chi connectivity index (χ1v) is 9.53. The van der Waals surface area contributed by atoms with Crippen molar-refractivity contribution in [3.8, 4) is 0 Å². The molecule has 2 fully saturated rings. The second kappa shape index (κ2) is 6.26. The molecule has 6 heteroatoms. The van der Waals surface area contributed by atoms with Crippen molar-refractivity contribution in [1.29, 1.82) is 0 Å². The summed E-state index contributed by atoms with van der Waals surface area (Å²) in [6, 6.07) is 5.74. The van der Waals surface area contributed by atoms with Crippen LogP contribution in [-0.4, -0.2) is 41.3 Å². The summed E-state index contributed by atoms with van der Waals surface area (Å²) in [6.45, 7) is 4.05. The number of likely N-dealkylation sites (tertiary alicyclic amines) is 1. The molecule has 0 aromatic carbocycles. The number of rotatable bonds is 2. The lowest BCUT2D eigenvalue weighted by Crippen LogP contribution is -2.46. The van der Waals surface area contributed by atoms with Gasteiger partial charge in [0.1, 0.15) is 0 Å². The highest BCUT2D eigenvalue weighted by molar-refractivity contribution is 7.12. The highest BCUT2D eigenvalue weighted by Gasteiger charge is 2.49. The molecular weight excluding hydrogens is 334 g/mol. The van der Waals surface area contributed by atoms with Gasteiger partial charge in [-0.2, -0.15) is 0 Å². The minimum Gasteiger partial charge on any atom is -0.338 e. The van der Waals surface area contributed by atoms with E-state index in [1.54, 1.807) is 12.4 Å². The lowest BCUT2D eigenvalue weighted by molar-refractivity contribution is -0.127. The Morgan fingerprint density at radius 2 is 2.00 bits per heavy atom. The number of amides is 2. The SMILES string of the molecule is Cc1csc(C(=O)N2CCC3(CC2)CCN(c2cccnc2)C3=O)c1. The van der Waals surface area contributed by atoms with Gasteiger partial charge in [0.15, 0.2) is 0 Å². The molecule has 5 nitrogen and oxygen atoms in total. The molecule has 2 aliphatic rings. The lowest BCUT2D eigenvalue weighted by Gasteiger charge is -2.37. The molecule has 0 bridgehead atoms. The minimum absolute atomic E-state index is 0.0995. The van der Waals surface area contributed by atoms with Crippen LogP contribution in [0.2, 0.25) is 0 Å². The Kier molecular flexibility index (Phi) is 4.07. The average Bonchev–Trinajstić information content (AvgIpc) is 3.21. The van der Waals surface area contributed by atoms with Gasteiger partial charge >= 0.3 is 0 Å². The molecule has 0 unspecified atom stereocenters. The van der Waals surface area contributed by atoms with E-state index >= 15 is 0 Å². The summed E-state index contributed by atoms with van der Waals surface area (Å²) >= 11 is 1.50. The second-order valence-electron chi connectivity index (χ2n) is 6.98. The number of hydrogen-bond donors (Lipinski definition) is 0. The van der Waals surface area contributed by atoms with Gasteiger partial charge < -0.3 is 9.80 Å². The molecule has 4 heterocycles. The molecule has 2 saturated heterocycles. The molecule has 0 N–H and O–H groups in total. The highest BCUT2D eigenvalue weighted by Crippen LogP contribution is 2.43. The predicted octanol–water partition coefficient (Wildman–Crippen LogP) is 3.11. The number of carbonyl (C=O) groups is 2. The Bertz CT molecular complexity index is 794. The smallest absolute Gasteiger partial charge is 0.263 e. The van der Waals surface area contributed by atoms with Crippen molar-refractivity contribution >= 4 is 28.8 Å². The van der Waals surface area contributed by atoms with Gasteiger partial charge in [0, 0.05) is 25.8 Å². The fourth-order valence-corrected chi connectivity index (χ4v) is 4.75. The van der Waals surface area contributed by atoms with Crippen LogP contribution in [0.5, 0.6) is 0 Å². The third kappa shape index (κ3) is 2.84. The van der Waals surface area contributed by atoms with E-state index in [0.717, 1.165) is 41.9 Å². The quantitative estimate of drug-likeness (QED) is 0.832. The van der Waals surface area contributed by atoms with Gasteiger partial charge in [0.2, 0.25) is 5.91 Å². The number of hydrogen-bond acceptors (Lipinski definition) is 4. The van der Waals surface area contributed by atoms with Gasteiger partial charge in [0.25, 0.3) is 5.91 Å². The zero-order valence-electron chi connectivity index (χ0n) is 14.3. The van der Waals surface area contributed by atoms with Gasteiger partial charge in [-0.3, -0.25) is 14.6 Å². The standard InChI is InChI=1S/C19H21N3O2S/c1-14-11-16(25-13-14)17(23)21-8-4-19(5-9-21)6-10-22(18(19)24)15-3-2-7-20-12-15/h2-3,7,11-13H,4-6,8-10H2,1H3. The highest BCUT2D eigenvalue weighted by atomic mass is 32.1. The van der Waals surface area contributed by atoms with Crippen molar-refractivity contribution in [1.82, 2.24) is 9.88 Å². The summed E-state index contributed by atoms with van der Waals surface area (Å²) in [4.78, 5) is 34.3. The third-order valence-electron chi connectivity index (χ3n) is 5.42. The van der Waals surface area contributed by atoms with Crippen molar-refractivity contribution in [2.45, 2.75) is 26.2 Å². The molecule has 4 rings (SSSR count). The average molecular weight is 355 g/mol. The molecule has 130 valence electrons. The van der Waals surface area contributed by atoms with Crippen molar-refractivity contribution in [3.63, 3.8) is 0 Å². The molecule has 0 atom stereocenters. The Morgan fingerprint density at radius 3 is 2.64 bits per heavy atom. The Balaban J connectivity index is 1.45. The number of carbonyl (C=O) groups excluding carboxylic acids is 2. The molecule has 2 aromatic rings. The molecule has 1 spiro atoms. The Morgan fingerprint density at radius 1 is 1.24 bits per heavy atom. The minimum atomic E-state index is -0.308. The maximum absolute atomic E-state index is 13.0. The predicted molar refractivity (Wildman–Crippen MR) is 97.8 cm³/mol. The fourth-order valence-electron chi connectivity index (χ4n) is 3.88. The van der Waals surface area contributed by atoms with E-state index in [-0.39, 0.29) is 17.2 Å². The van der Waals surface area contributed by atoms with Gasteiger partial charge in [0.05, 0.1) is 22.2 Å². The van der Waals surface area contributed by atoms with E-state index in [1.807, 2.05) is 40.3 Å². The molecule has 2 aromatic heterocycles. The largest absolute Gasteiger partial charge is 0.338 e. The van der Waals surface area contributed by atoms with E-state index in [4.69, 9.17) is 0 Å². The van der Waals surface area contributed by atoms with Crippen LogP contribution < -0.4 is 4.90 Å². The Hall–Kier alpha value is -2.21. The number of anilines is 1. The van der Waals surface area contributed by atoms with Crippen LogP contribution in [0.4, 0.5) is 5.69 Å². The van der Waals surface area contributed by atoms with Gasteiger partial charge in [-0.05, 0) is 55.3 Å². The molecule has 25 heavy (non-hydrogen) atoms. The summed E-state index contributed by atoms with van der Waals surface area (Å²) in [6.07, 6.45) is 5.82. The topological polar surface area (TPSA) is 53.5 Å². The van der Waals surface area contributed by atoms with E-state index in [9.17, 15) is 9.59 Å². The van der Waals surface area contributed by atoms with Crippen LogP contribution in [-0.2, 0) is 4.79 Å². The van der Waals surface area contributed by atoms with Crippen LogP contribution in [0.15, 0.2) is 36.0 Å². The van der Waals surface area contributed by atoms with Gasteiger partial charge in [-0.15, -0.1) is 11.3 Å². The van der Waals surface area contributed by atoms with Gasteiger partial charge in [-0.1, -0.05) is 0 Å². The monoisotopic (exact) mass is 355 g/mol. The molecular formula is C19H21N3O2S. The zero-order chi connectivity index (χ0) is 17.4. The number of thiophene rings is 1. The number of pyridine rings is 1. The molecule has 0 radical (unpaired) electrons. The van der Waals surface area contributed by atoms with E-state index in [2.05, 4.69) is 4.98 Å². The summed E-state index contributed by atoms with van der Waals surface area (Å²) in [5.41, 5.74) is 1.69. The van der Waals surface area contributed by atoms with Crippen molar-refractivity contribution in [3.05, 3.63) is 46.4 Å². The number of piperidine rings is 1. The maximum atomic E-state index is 13.0. The van der Waals surface area contributed by atoms with Crippen LogP contribution in [0.25, 0.3) is 0 Å². The molecule has 0 aliphatic carbocycles. The summed E-state index contributed by atoms with van der Waals surface area (Å²) in [5.74, 6) is 0.294. The summed E-state index contributed by atoms with van der Waals surface area (Å²) in [5, 5.41) is 2.00. The first-order chi connectivity index (χ1) is 12.1. The van der Waals surface area contributed by atoms with Crippen LogP contribution >= 0.6 is 11.3 Å². The normalized spacial score (nSPS) is 19.6. The molecule has 2 aliphatic heterocycles. The summed E-state index contributed by atoms with van der Waals surface area (Å²) in [7, 11) is 0. The zero-order valence-corrected chi connectivity index (χ0v) is 15.1. The van der Waals surface area contributed by atoms with E-state index < -0.39 is 0 Å². The molecule has 0 saturated carbocycles. The van der Waals surface area contributed by atoms with Crippen LogP contribution in [0.3, 0.4) is 0 Å². The fraction of sp³-hybridized carbons (Fsp3) is 0.421. The van der Waals surface area contributed by atoms with E-state index in [0.29, 0.717) is 13.1 Å². The Labute approximate surface area is 151 Å². The van der Waals surface area contributed by atoms with Crippen LogP contribution in [0.1, 0.15) is 34.5 Å². The second-order valence-corrected chi connectivity index (χ2v) is 7.89. The van der Waals surface area contributed by atoms with Crippen molar-refractivity contribution < 1.29 is 9.59 Å². The van der Waals surface area contributed by atoms with Crippen LogP contribution in [0, 0.1) is 12.3 Å². The number of nitrogens with zero attached hydrogens (tertiary/aromatic N) is 3. The first kappa shape index (κ1) is 16.3. The number of aromatic nitrogens is 1. The third-order valence-corrected chi connectivity index (χ3v) is 6.46. The van der Waals surface area contributed by atoms with Crippen molar-refractivity contribution in [2.75, 3.05) is 24.5 Å². The molecule has 2 amide bonds. The maximum Gasteiger partial charge on any atom is 0.263 e. The van der Waals surface area contributed by atoms with Crippen molar-refractivity contribution in [2.24, 2.45) is 5.41 Å².